The van der Waals surface area contributed by atoms with Crippen LogP contribution in [0.1, 0.15) is 47.7 Å². The topological polar surface area (TPSA) is 63.7 Å². The van der Waals surface area contributed by atoms with Gasteiger partial charge in [-0.1, -0.05) is 12.1 Å². The number of nitrogens with zero attached hydrogens (tertiary/aromatic N) is 3. The molecule has 1 N–H and O–H groups in total. The Balaban J connectivity index is 1.76. The zero-order valence-electron chi connectivity index (χ0n) is 13.9. The van der Waals surface area contributed by atoms with E-state index in [9.17, 15) is 4.39 Å². The predicted molar refractivity (Wildman–Crippen MR) is 91.0 cm³/mol. The molecule has 3 unspecified atom stereocenters. The molecule has 0 bridgehead atoms. The fraction of sp³-hybridized carbons (Fsp3) is 0.316. The van der Waals surface area contributed by atoms with Gasteiger partial charge >= 0.3 is 6.01 Å². The lowest BCUT2D eigenvalue weighted by molar-refractivity contribution is 0.374. The molecule has 6 heteroatoms. The minimum atomic E-state index is -0.218. The Labute approximate surface area is 145 Å². The summed E-state index contributed by atoms with van der Waals surface area (Å²) < 4.78 is 18.5. The highest BCUT2D eigenvalue weighted by molar-refractivity contribution is 5.31. The molecule has 1 aliphatic carbocycles. The number of H-pyrrole nitrogens is 1. The van der Waals surface area contributed by atoms with Crippen LogP contribution in [0.4, 0.5) is 4.39 Å². The van der Waals surface area contributed by atoms with Crippen molar-refractivity contribution < 1.29 is 9.13 Å². The lowest BCUT2D eigenvalue weighted by Crippen LogP contribution is -2.14. The summed E-state index contributed by atoms with van der Waals surface area (Å²) in [6.07, 6.45) is 7.33. The third-order valence-electron chi connectivity index (χ3n) is 5.00. The summed E-state index contributed by atoms with van der Waals surface area (Å²) >= 11 is 0. The van der Waals surface area contributed by atoms with Crippen molar-refractivity contribution in [1.82, 2.24) is 19.9 Å². The first-order valence-electron chi connectivity index (χ1n) is 8.38. The van der Waals surface area contributed by atoms with E-state index in [4.69, 9.17) is 4.74 Å². The largest absolute Gasteiger partial charge is 0.467 e. The van der Waals surface area contributed by atoms with Crippen LogP contribution in [0.15, 0.2) is 48.9 Å². The molecule has 2 aromatic heterocycles. The van der Waals surface area contributed by atoms with Gasteiger partial charge in [0.15, 0.2) is 0 Å². The molecule has 1 fully saturated rings. The van der Waals surface area contributed by atoms with E-state index in [1.165, 1.54) is 12.1 Å². The van der Waals surface area contributed by atoms with Crippen LogP contribution in [0.3, 0.4) is 0 Å². The van der Waals surface area contributed by atoms with E-state index >= 15 is 0 Å². The summed E-state index contributed by atoms with van der Waals surface area (Å²) in [5.41, 5.74) is 2.05. The number of methoxy groups -OCH3 is 1. The number of benzene rings is 1. The van der Waals surface area contributed by atoms with Crippen molar-refractivity contribution in [2.45, 2.75) is 30.6 Å². The first-order valence-corrected chi connectivity index (χ1v) is 8.38. The van der Waals surface area contributed by atoms with Gasteiger partial charge < -0.3 is 9.72 Å². The third kappa shape index (κ3) is 2.99. The Morgan fingerprint density at radius 3 is 2.56 bits per heavy atom. The minimum absolute atomic E-state index is 0.133. The maximum Gasteiger partial charge on any atom is 0.316 e. The molecular weight excluding hydrogens is 319 g/mol. The van der Waals surface area contributed by atoms with Crippen LogP contribution in [0.5, 0.6) is 6.01 Å². The maximum atomic E-state index is 13.3. The number of imidazole rings is 1. The zero-order valence-corrected chi connectivity index (χ0v) is 13.9. The Morgan fingerprint density at radius 2 is 1.84 bits per heavy atom. The molecule has 25 heavy (non-hydrogen) atoms. The van der Waals surface area contributed by atoms with E-state index in [0.717, 1.165) is 29.9 Å². The van der Waals surface area contributed by atoms with Gasteiger partial charge in [-0.15, -0.1) is 0 Å². The molecule has 0 amide bonds. The molecule has 0 aliphatic heterocycles. The number of aromatic nitrogens is 4. The first kappa shape index (κ1) is 15.7. The second-order valence-corrected chi connectivity index (χ2v) is 6.31. The Kier molecular flexibility index (Phi) is 4.17. The fourth-order valence-corrected chi connectivity index (χ4v) is 3.92. The number of aromatic amines is 1. The number of rotatable bonds is 4. The van der Waals surface area contributed by atoms with Crippen LogP contribution in [0.2, 0.25) is 0 Å². The summed E-state index contributed by atoms with van der Waals surface area (Å²) in [5.74, 6) is 1.35. The lowest BCUT2D eigenvalue weighted by atomic mass is 9.82. The second kappa shape index (κ2) is 6.63. The Hall–Kier alpha value is -2.76. The third-order valence-corrected chi connectivity index (χ3v) is 5.00. The standard InChI is InChI=1S/C19H19FN4O/c1-25-19-23-9-8-16(24-19)17-14(12-2-4-13(20)5-3-12)6-7-15(17)18-21-10-11-22-18/h2-5,8-11,14-15,17H,6-7H2,1H3,(H,21,22). The molecule has 0 spiro atoms. The smallest absolute Gasteiger partial charge is 0.316 e. The highest BCUT2D eigenvalue weighted by Crippen LogP contribution is 2.52. The Bertz CT molecular complexity index is 835. The van der Waals surface area contributed by atoms with Crippen molar-refractivity contribution in [3.63, 3.8) is 0 Å². The quantitative estimate of drug-likeness (QED) is 0.786. The maximum absolute atomic E-state index is 13.3. The summed E-state index contributed by atoms with van der Waals surface area (Å²) in [5, 5.41) is 0. The summed E-state index contributed by atoms with van der Waals surface area (Å²) in [6.45, 7) is 0. The van der Waals surface area contributed by atoms with E-state index in [1.807, 2.05) is 24.4 Å². The van der Waals surface area contributed by atoms with Crippen LogP contribution in [0.25, 0.3) is 0 Å². The van der Waals surface area contributed by atoms with Gasteiger partial charge in [0.2, 0.25) is 0 Å². The molecule has 128 valence electrons. The number of halogens is 1. The molecule has 0 radical (unpaired) electrons. The molecule has 1 aliphatic rings. The number of hydrogen-bond donors (Lipinski definition) is 1. The molecule has 4 rings (SSSR count). The Morgan fingerprint density at radius 1 is 1.04 bits per heavy atom. The average molecular weight is 338 g/mol. The number of nitrogens with one attached hydrogen (secondary N) is 1. The van der Waals surface area contributed by atoms with E-state index in [1.54, 1.807) is 19.5 Å². The molecule has 3 atom stereocenters. The number of ether oxygens (including phenoxy) is 1. The van der Waals surface area contributed by atoms with Gasteiger partial charge in [0.1, 0.15) is 11.6 Å². The van der Waals surface area contributed by atoms with Gasteiger partial charge in [0, 0.05) is 30.4 Å². The molecule has 2 heterocycles. The van der Waals surface area contributed by atoms with E-state index in [0.29, 0.717) is 6.01 Å². The van der Waals surface area contributed by atoms with Crippen molar-refractivity contribution in [1.29, 1.82) is 0 Å². The molecule has 3 aromatic rings. The van der Waals surface area contributed by atoms with Crippen LogP contribution in [-0.2, 0) is 0 Å². The SMILES string of the molecule is COc1nccc(C2C(c3ccc(F)cc3)CCC2c2ncc[nH]2)n1. The van der Waals surface area contributed by atoms with E-state index < -0.39 is 0 Å². The van der Waals surface area contributed by atoms with Crippen molar-refractivity contribution in [2.24, 2.45) is 0 Å². The molecular formula is C19H19FN4O. The fourth-order valence-electron chi connectivity index (χ4n) is 3.92. The highest BCUT2D eigenvalue weighted by Gasteiger charge is 2.41. The van der Waals surface area contributed by atoms with Crippen LogP contribution < -0.4 is 4.74 Å². The van der Waals surface area contributed by atoms with Gasteiger partial charge in [-0.25, -0.2) is 14.4 Å². The zero-order chi connectivity index (χ0) is 17.2. The predicted octanol–water partition coefficient (Wildman–Crippen LogP) is 3.79. The minimum Gasteiger partial charge on any atom is -0.467 e. The average Bonchev–Trinajstić information content (AvgIpc) is 3.32. The normalized spacial score (nSPS) is 22.9. The molecule has 1 aromatic carbocycles. The monoisotopic (exact) mass is 338 g/mol. The van der Waals surface area contributed by atoms with Gasteiger partial charge in [-0.3, -0.25) is 0 Å². The molecule has 0 saturated heterocycles. The second-order valence-electron chi connectivity index (χ2n) is 6.31. The summed E-state index contributed by atoms with van der Waals surface area (Å²) in [6, 6.07) is 9.08. The number of hydrogen-bond acceptors (Lipinski definition) is 4. The van der Waals surface area contributed by atoms with Crippen molar-refractivity contribution in [3.8, 4) is 6.01 Å². The van der Waals surface area contributed by atoms with Gasteiger partial charge in [-0.05, 0) is 42.5 Å². The van der Waals surface area contributed by atoms with E-state index in [2.05, 4.69) is 19.9 Å². The summed E-state index contributed by atoms with van der Waals surface area (Å²) in [7, 11) is 1.56. The first-order chi connectivity index (χ1) is 12.3. The molecule has 1 saturated carbocycles. The van der Waals surface area contributed by atoms with Gasteiger partial charge in [0.05, 0.1) is 12.8 Å². The summed E-state index contributed by atoms with van der Waals surface area (Å²) in [4.78, 5) is 16.4. The van der Waals surface area contributed by atoms with Crippen molar-refractivity contribution in [3.05, 3.63) is 71.8 Å². The van der Waals surface area contributed by atoms with Crippen molar-refractivity contribution >= 4 is 0 Å². The van der Waals surface area contributed by atoms with Gasteiger partial charge in [-0.2, -0.15) is 4.98 Å². The van der Waals surface area contributed by atoms with Gasteiger partial charge in [0.25, 0.3) is 0 Å². The highest BCUT2D eigenvalue weighted by atomic mass is 19.1. The molecule has 5 nitrogen and oxygen atoms in total. The van der Waals surface area contributed by atoms with Crippen LogP contribution in [-0.4, -0.2) is 27.0 Å². The van der Waals surface area contributed by atoms with Crippen LogP contribution >= 0.6 is 0 Å². The van der Waals surface area contributed by atoms with E-state index in [-0.39, 0.29) is 23.6 Å². The van der Waals surface area contributed by atoms with Crippen molar-refractivity contribution in [2.75, 3.05) is 7.11 Å². The lowest BCUT2D eigenvalue weighted by Gasteiger charge is -2.24. The van der Waals surface area contributed by atoms with Crippen LogP contribution in [0, 0.1) is 5.82 Å².